The summed E-state index contributed by atoms with van der Waals surface area (Å²) in [5.41, 5.74) is 1.50. The minimum absolute atomic E-state index is 0.0566. The Kier molecular flexibility index (Phi) is 6.06. The number of nitro groups is 1. The molecule has 8 nitrogen and oxygen atoms in total. The van der Waals surface area contributed by atoms with Crippen molar-refractivity contribution in [2.75, 3.05) is 18.1 Å². The van der Waals surface area contributed by atoms with E-state index < -0.39 is 27.4 Å². The standard InChI is InChI=1S/C17H19N3O5S/c1-13-8-9-15(20(22)23)10-16(13)18-17(21)12-19(26(2,24)25)11-14-6-4-3-5-7-14/h3-10H,11-12H2,1-2H3,(H,18,21). The number of benzene rings is 2. The summed E-state index contributed by atoms with van der Waals surface area (Å²) >= 11 is 0. The lowest BCUT2D eigenvalue weighted by Crippen LogP contribution is -2.37. The van der Waals surface area contributed by atoms with Gasteiger partial charge in [-0.3, -0.25) is 14.9 Å². The third kappa shape index (κ3) is 5.36. The van der Waals surface area contributed by atoms with Crippen LogP contribution in [0.3, 0.4) is 0 Å². The molecule has 138 valence electrons. The van der Waals surface area contributed by atoms with Crippen LogP contribution in [0.5, 0.6) is 0 Å². The molecular formula is C17H19N3O5S. The Morgan fingerprint density at radius 3 is 2.42 bits per heavy atom. The van der Waals surface area contributed by atoms with Gasteiger partial charge in [-0.05, 0) is 18.1 Å². The summed E-state index contributed by atoms with van der Waals surface area (Å²) in [5, 5.41) is 13.4. The second-order valence-corrected chi connectivity index (χ2v) is 7.80. The fraction of sp³-hybridized carbons (Fsp3) is 0.235. The van der Waals surface area contributed by atoms with E-state index >= 15 is 0 Å². The predicted molar refractivity (Wildman–Crippen MR) is 98.2 cm³/mol. The first-order valence-corrected chi connectivity index (χ1v) is 9.55. The Hall–Kier alpha value is -2.78. The number of sulfonamides is 1. The highest BCUT2D eigenvalue weighted by molar-refractivity contribution is 7.88. The van der Waals surface area contributed by atoms with Gasteiger partial charge in [-0.15, -0.1) is 0 Å². The molecule has 2 rings (SSSR count). The Labute approximate surface area is 151 Å². The van der Waals surface area contributed by atoms with Crippen molar-refractivity contribution in [2.45, 2.75) is 13.5 Å². The monoisotopic (exact) mass is 377 g/mol. The Morgan fingerprint density at radius 2 is 1.85 bits per heavy atom. The van der Waals surface area contributed by atoms with Crippen LogP contribution in [0.2, 0.25) is 0 Å². The number of nitrogens with one attached hydrogen (secondary N) is 1. The molecule has 0 atom stereocenters. The Morgan fingerprint density at radius 1 is 1.19 bits per heavy atom. The number of rotatable bonds is 7. The van der Waals surface area contributed by atoms with Gasteiger partial charge in [0.15, 0.2) is 0 Å². The number of nitrogens with zero attached hydrogens (tertiary/aromatic N) is 2. The first-order valence-electron chi connectivity index (χ1n) is 7.71. The summed E-state index contributed by atoms with van der Waals surface area (Å²) in [4.78, 5) is 22.6. The molecule has 0 spiro atoms. The van der Waals surface area contributed by atoms with E-state index in [0.717, 1.165) is 16.1 Å². The van der Waals surface area contributed by atoms with Crippen LogP contribution >= 0.6 is 0 Å². The van der Waals surface area contributed by atoms with Gasteiger partial charge < -0.3 is 5.32 Å². The molecule has 0 saturated carbocycles. The van der Waals surface area contributed by atoms with Crippen LogP contribution in [-0.4, -0.2) is 36.4 Å². The lowest BCUT2D eigenvalue weighted by atomic mass is 10.2. The van der Waals surface area contributed by atoms with Gasteiger partial charge in [0.1, 0.15) is 0 Å². The topological polar surface area (TPSA) is 110 Å². The highest BCUT2D eigenvalue weighted by Gasteiger charge is 2.21. The van der Waals surface area contributed by atoms with Gasteiger partial charge in [-0.2, -0.15) is 4.31 Å². The minimum Gasteiger partial charge on any atom is -0.324 e. The molecule has 0 aliphatic heterocycles. The maximum atomic E-state index is 12.3. The third-order valence-electron chi connectivity index (χ3n) is 3.70. The maximum Gasteiger partial charge on any atom is 0.271 e. The number of carbonyl (C=O) groups is 1. The summed E-state index contributed by atoms with van der Waals surface area (Å²) in [6, 6.07) is 13.0. The highest BCUT2D eigenvalue weighted by Crippen LogP contribution is 2.22. The van der Waals surface area contributed by atoms with E-state index in [9.17, 15) is 23.3 Å². The lowest BCUT2D eigenvalue weighted by molar-refractivity contribution is -0.384. The second-order valence-electron chi connectivity index (χ2n) is 5.82. The van der Waals surface area contributed by atoms with E-state index in [1.54, 1.807) is 31.2 Å². The fourth-order valence-electron chi connectivity index (χ4n) is 2.29. The average Bonchev–Trinajstić information content (AvgIpc) is 2.56. The molecule has 0 fully saturated rings. The summed E-state index contributed by atoms with van der Waals surface area (Å²) in [5.74, 6) is -0.574. The van der Waals surface area contributed by atoms with Gasteiger partial charge in [-0.25, -0.2) is 8.42 Å². The highest BCUT2D eigenvalue weighted by atomic mass is 32.2. The third-order valence-corrected chi connectivity index (χ3v) is 4.89. The molecule has 0 unspecified atom stereocenters. The number of nitro benzene ring substituents is 1. The largest absolute Gasteiger partial charge is 0.324 e. The summed E-state index contributed by atoms with van der Waals surface area (Å²) in [6.07, 6.45) is 1.03. The number of anilines is 1. The minimum atomic E-state index is -3.62. The van der Waals surface area contributed by atoms with Crippen molar-refractivity contribution in [3.63, 3.8) is 0 Å². The van der Waals surface area contributed by atoms with Crippen molar-refractivity contribution in [1.82, 2.24) is 4.31 Å². The van der Waals surface area contributed by atoms with Crippen molar-refractivity contribution >= 4 is 27.3 Å². The molecule has 2 aromatic rings. The quantitative estimate of drug-likeness (QED) is 0.588. The molecule has 0 heterocycles. The Bertz CT molecular complexity index is 913. The van der Waals surface area contributed by atoms with E-state index in [-0.39, 0.29) is 17.9 Å². The van der Waals surface area contributed by atoms with E-state index in [1.807, 2.05) is 6.07 Å². The number of non-ortho nitro benzene ring substituents is 1. The molecule has 0 aliphatic rings. The van der Waals surface area contributed by atoms with Crippen molar-refractivity contribution < 1.29 is 18.1 Å². The van der Waals surface area contributed by atoms with Crippen molar-refractivity contribution in [3.8, 4) is 0 Å². The van der Waals surface area contributed by atoms with Crippen molar-refractivity contribution in [1.29, 1.82) is 0 Å². The first kappa shape index (κ1) is 19.5. The molecule has 0 radical (unpaired) electrons. The average molecular weight is 377 g/mol. The van der Waals surface area contributed by atoms with Crippen LogP contribution < -0.4 is 5.32 Å². The van der Waals surface area contributed by atoms with Gasteiger partial charge in [0.25, 0.3) is 5.69 Å². The number of amides is 1. The van der Waals surface area contributed by atoms with E-state index in [1.165, 1.54) is 18.2 Å². The van der Waals surface area contributed by atoms with Gasteiger partial charge in [0.2, 0.25) is 15.9 Å². The molecule has 2 aromatic carbocycles. The zero-order valence-corrected chi connectivity index (χ0v) is 15.2. The van der Waals surface area contributed by atoms with Crippen LogP contribution in [0.1, 0.15) is 11.1 Å². The van der Waals surface area contributed by atoms with Crippen LogP contribution in [-0.2, 0) is 21.4 Å². The second kappa shape index (κ2) is 8.07. The lowest BCUT2D eigenvalue weighted by Gasteiger charge is -2.20. The fourth-order valence-corrected chi connectivity index (χ4v) is 3.02. The molecule has 0 aromatic heterocycles. The normalized spacial score (nSPS) is 11.3. The summed E-state index contributed by atoms with van der Waals surface area (Å²) < 4.78 is 25.0. The SMILES string of the molecule is Cc1ccc([N+](=O)[O-])cc1NC(=O)CN(Cc1ccccc1)S(C)(=O)=O. The molecule has 9 heteroatoms. The van der Waals surface area contributed by atoms with Crippen molar-refractivity contribution in [3.05, 3.63) is 69.8 Å². The van der Waals surface area contributed by atoms with Crippen LogP contribution in [0.15, 0.2) is 48.5 Å². The number of carbonyl (C=O) groups excluding carboxylic acids is 1. The summed E-state index contributed by atoms with van der Waals surface area (Å²) in [7, 11) is -3.62. The molecule has 0 aliphatic carbocycles. The molecule has 0 saturated heterocycles. The zero-order valence-electron chi connectivity index (χ0n) is 14.4. The van der Waals surface area contributed by atoms with Crippen LogP contribution in [0.4, 0.5) is 11.4 Å². The maximum absolute atomic E-state index is 12.3. The number of hydrogen-bond donors (Lipinski definition) is 1. The van der Waals surface area contributed by atoms with E-state index in [0.29, 0.717) is 5.56 Å². The number of hydrogen-bond acceptors (Lipinski definition) is 5. The van der Waals surface area contributed by atoms with Gasteiger partial charge in [0, 0.05) is 18.7 Å². The zero-order chi connectivity index (χ0) is 19.3. The predicted octanol–water partition coefficient (Wildman–Crippen LogP) is 2.30. The van der Waals surface area contributed by atoms with Crippen LogP contribution in [0.25, 0.3) is 0 Å². The van der Waals surface area contributed by atoms with Gasteiger partial charge in [0.05, 0.1) is 23.4 Å². The van der Waals surface area contributed by atoms with E-state index in [2.05, 4.69) is 5.32 Å². The van der Waals surface area contributed by atoms with Gasteiger partial charge >= 0.3 is 0 Å². The molecule has 1 N–H and O–H groups in total. The molecule has 1 amide bonds. The molecule has 0 bridgehead atoms. The van der Waals surface area contributed by atoms with E-state index in [4.69, 9.17) is 0 Å². The Balaban J connectivity index is 2.15. The van der Waals surface area contributed by atoms with Crippen LogP contribution in [0, 0.1) is 17.0 Å². The number of aryl methyl sites for hydroxylation is 1. The summed E-state index contributed by atoms with van der Waals surface area (Å²) in [6.45, 7) is 1.36. The van der Waals surface area contributed by atoms with Gasteiger partial charge in [-0.1, -0.05) is 36.4 Å². The van der Waals surface area contributed by atoms with Crippen molar-refractivity contribution in [2.24, 2.45) is 0 Å². The molecular weight excluding hydrogens is 358 g/mol. The first-order chi connectivity index (χ1) is 12.2. The smallest absolute Gasteiger partial charge is 0.271 e. The molecule has 26 heavy (non-hydrogen) atoms.